The zero-order valence-corrected chi connectivity index (χ0v) is 10.1. The van der Waals surface area contributed by atoms with Crippen molar-refractivity contribution in [3.05, 3.63) is 39.9 Å². The van der Waals surface area contributed by atoms with Crippen LogP contribution in [-0.4, -0.2) is 17.8 Å². The van der Waals surface area contributed by atoms with Crippen LogP contribution in [-0.2, 0) is 9.59 Å². The van der Waals surface area contributed by atoms with E-state index < -0.39 is 17.8 Å². The second kappa shape index (κ2) is 4.50. The molecule has 0 spiro atoms. The average molecular weight is 295 g/mol. The Bertz CT molecular complexity index is 529. The van der Waals surface area contributed by atoms with Gasteiger partial charge in [0.25, 0.3) is 11.8 Å². The van der Waals surface area contributed by atoms with Gasteiger partial charge in [-0.1, -0.05) is 34.1 Å². The van der Waals surface area contributed by atoms with E-state index in [1.54, 1.807) is 18.2 Å². The van der Waals surface area contributed by atoms with Crippen molar-refractivity contribution in [3.63, 3.8) is 0 Å². The number of rotatable bonds is 1. The van der Waals surface area contributed by atoms with Crippen LogP contribution in [0.1, 0.15) is 5.56 Å². The molecule has 5 nitrogen and oxygen atoms in total. The molecule has 0 atom stereocenters. The summed E-state index contributed by atoms with van der Waals surface area (Å²) in [6, 6.07) is 6.33. The highest BCUT2D eigenvalue weighted by Gasteiger charge is 2.27. The third kappa shape index (κ3) is 2.42. The molecule has 4 amide bonds. The second-order valence-electron chi connectivity index (χ2n) is 3.32. The molecule has 0 saturated carbocycles. The number of hydrogen-bond donors (Lipinski definition) is 2. The maximum atomic E-state index is 11.5. The summed E-state index contributed by atoms with van der Waals surface area (Å²) in [6.07, 6.45) is 1.42. The zero-order chi connectivity index (χ0) is 12.4. The largest absolute Gasteiger partial charge is 0.328 e. The zero-order valence-electron chi connectivity index (χ0n) is 8.49. The molecule has 17 heavy (non-hydrogen) atoms. The van der Waals surface area contributed by atoms with Gasteiger partial charge in [0.05, 0.1) is 0 Å². The Balaban J connectivity index is 2.40. The Morgan fingerprint density at radius 3 is 2.18 bits per heavy atom. The molecule has 0 unspecified atom stereocenters. The molecule has 1 aliphatic rings. The number of nitrogens with one attached hydrogen (secondary N) is 2. The van der Waals surface area contributed by atoms with E-state index in [0.717, 1.165) is 4.47 Å². The van der Waals surface area contributed by atoms with Crippen LogP contribution in [0.2, 0.25) is 0 Å². The van der Waals surface area contributed by atoms with Crippen LogP contribution < -0.4 is 10.6 Å². The fourth-order valence-electron chi connectivity index (χ4n) is 1.35. The van der Waals surface area contributed by atoms with Crippen LogP contribution >= 0.6 is 15.9 Å². The maximum absolute atomic E-state index is 11.5. The molecular formula is C11H7BrN2O3. The highest BCUT2D eigenvalue weighted by molar-refractivity contribution is 9.10. The van der Waals surface area contributed by atoms with E-state index in [9.17, 15) is 14.4 Å². The summed E-state index contributed by atoms with van der Waals surface area (Å²) in [4.78, 5) is 33.8. The van der Waals surface area contributed by atoms with E-state index in [1.165, 1.54) is 6.08 Å². The van der Waals surface area contributed by atoms with Gasteiger partial charge >= 0.3 is 6.03 Å². The van der Waals surface area contributed by atoms with Gasteiger partial charge in [-0.15, -0.1) is 0 Å². The first-order valence-electron chi connectivity index (χ1n) is 4.71. The lowest BCUT2D eigenvalue weighted by Crippen LogP contribution is -2.51. The van der Waals surface area contributed by atoms with Gasteiger partial charge in [-0.05, 0) is 17.7 Å². The van der Waals surface area contributed by atoms with E-state index in [0.29, 0.717) is 5.56 Å². The van der Waals surface area contributed by atoms with Gasteiger partial charge in [-0.3, -0.25) is 20.2 Å². The fraction of sp³-hybridized carbons (Fsp3) is 0. The standard InChI is InChI=1S/C11H7BrN2O3/c12-8-4-2-1-3-6(8)5-7-9(15)13-11(17)14-10(7)16/h1-5H,(H2,13,14,15,16,17). The van der Waals surface area contributed by atoms with E-state index >= 15 is 0 Å². The molecular weight excluding hydrogens is 288 g/mol. The third-order valence-corrected chi connectivity index (χ3v) is 2.87. The van der Waals surface area contributed by atoms with E-state index in [1.807, 2.05) is 16.7 Å². The van der Waals surface area contributed by atoms with Crippen LogP contribution in [0.4, 0.5) is 4.79 Å². The van der Waals surface area contributed by atoms with Crippen LogP contribution in [0, 0.1) is 0 Å². The van der Waals surface area contributed by atoms with Crippen molar-refractivity contribution in [1.82, 2.24) is 10.6 Å². The Morgan fingerprint density at radius 2 is 1.59 bits per heavy atom. The molecule has 1 fully saturated rings. The summed E-state index contributed by atoms with van der Waals surface area (Å²) < 4.78 is 0.755. The van der Waals surface area contributed by atoms with Gasteiger partial charge in [0.1, 0.15) is 5.57 Å². The summed E-state index contributed by atoms with van der Waals surface area (Å²) >= 11 is 3.30. The van der Waals surface area contributed by atoms with Gasteiger partial charge in [0, 0.05) is 4.47 Å². The molecule has 0 bridgehead atoms. The lowest BCUT2D eigenvalue weighted by Gasteiger charge is -2.14. The predicted molar refractivity (Wildman–Crippen MR) is 63.8 cm³/mol. The highest BCUT2D eigenvalue weighted by atomic mass is 79.9. The van der Waals surface area contributed by atoms with Gasteiger partial charge in [-0.25, -0.2) is 4.79 Å². The molecule has 2 N–H and O–H groups in total. The summed E-state index contributed by atoms with van der Waals surface area (Å²) in [5.74, 6) is -1.40. The minimum Gasteiger partial charge on any atom is -0.273 e. The summed E-state index contributed by atoms with van der Waals surface area (Å²) in [7, 11) is 0. The lowest BCUT2D eigenvalue weighted by molar-refractivity contribution is -0.123. The number of hydrogen-bond acceptors (Lipinski definition) is 3. The minimum atomic E-state index is -0.802. The molecule has 1 aromatic carbocycles. The van der Waals surface area contributed by atoms with Crippen LogP contribution in [0.5, 0.6) is 0 Å². The quantitative estimate of drug-likeness (QED) is 0.604. The molecule has 2 rings (SSSR count). The Kier molecular flexibility index (Phi) is 3.06. The van der Waals surface area contributed by atoms with Crippen LogP contribution in [0.3, 0.4) is 0 Å². The number of barbiturate groups is 1. The minimum absolute atomic E-state index is 0.100. The van der Waals surface area contributed by atoms with Crippen molar-refractivity contribution in [3.8, 4) is 0 Å². The monoisotopic (exact) mass is 294 g/mol. The number of carbonyl (C=O) groups is 3. The molecule has 0 aromatic heterocycles. The number of amides is 4. The van der Waals surface area contributed by atoms with Gasteiger partial charge in [-0.2, -0.15) is 0 Å². The first-order valence-corrected chi connectivity index (χ1v) is 5.50. The molecule has 1 aromatic rings. The SMILES string of the molecule is O=C1NC(=O)C(=Cc2ccccc2Br)C(=O)N1. The lowest BCUT2D eigenvalue weighted by atomic mass is 10.1. The number of carbonyl (C=O) groups excluding carboxylic acids is 3. The Hall–Kier alpha value is -1.95. The predicted octanol–water partition coefficient (Wildman–Crippen LogP) is 1.20. The fourth-order valence-corrected chi connectivity index (χ4v) is 1.75. The first kappa shape index (κ1) is 11.5. The second-order valence-corrected chi connectivity index (χ2v) is 4.17. The van der Waals surface area contributed by atoms with Gasteiger partial charge in [0.15, 0.2) is 0 Å². The van der Waals surface area contributed by atoms with Gasteiger partial charge in [0.2, 0.25) is 0 Å². The van der Waals surface area contributed by atoms with E-state index in [2.05, 4.69) is 15.9 Å². The Labute approximate surface area is 105 Å². The molecule has 6 heteroatoms. The summed E-state index contributed by atoms with van der Waals surface area (Å²) in [5.41, 5.74) is 0.582. The molecule has 1 aliphatic heterocycles. The molecule has 1 saturated heterocycles. The van der Waals surface area contributed by atoms with Crippen molar-refractivity contribution in [1.29, 1.82) is 0 Å². The van der Waals surface area contributed by atoms with E-state index in [-0.39, 0.29) is 5.57 Å². The van der Waals surface area contributed by atoms with E-state index in [4.69, 9.17) is 0 Å². The molecule has 0 aliphatic carbocycles. The smallest absolute Gasteiger partial charge is 0.273 e. The average Bonchev–Trinajstić information content (AvgIpc) is 2.25. The van der Waals surface area contributed by atoms with Crippen molar-refractivity contribution < 1.29 is 14.4 Å². The van der Waals surface area contributed by atoms with Crippen LogP contribution in [0.15, 0.2) is 34.3 Å². The number of halogens is 1. The van der Waals surface area contributed by atoms with Gasteiger partial charge < -0.3 is 0 Å². The van der Waals surface area contributed by atoms with Crippen molar-refractivity contribution >= 4 is 39.9 Å². The topological polar surface area (TPSA) is 75.3 Å². The number of imide groups is 2. The summed E-state index contributed by atoms with van der Waals surface area (Å²) in [5, 5.41) is 4.01. The maximum Gasteiger partial charge on any atom is 0.328 e. The normalized spacial score (nSPS) is 15.4. The number of urea groups is 1. The molecule has 1 heterocycles. The molecule has 86 valence electrons. The van der Waals surface area contributed by atoms with Crippen molar-refractivity contribution in [2.45, 2.75) is 0 Å². The molecule has 0 radical (unpaired) electrons. The third-order valence-electron chi connectivity index (χ3n) is 2.15. The van der Waals surface area contributed by atoms with Crippen molar-refractivity contribution in [2.75, 3.05) is 0 Å². The Morgan fingerprint density at radius 1 is 1.00 bits per heavy atom. The first-order chi connectivity index (χ1) is 8.08. The summed E-state index contributed by atoms with van der Waals surface area (Å²) in [6.45, 7) is 0. The highest BCUT2D eigenvalue weighted by Crippen LogP contribution is 2.19. The number of benzene rings is 1. The van der Waals surface area contributed by atoms with Crippen molar-refractivity contribution in [2.24, 2.45) is 0 Å². The van der Waals surface area contributed by atoms with Crippen LogP contribution in [0.25, 0.3) is 6.08 Å².